The number of fused-ring (bicyclic) bond motifs is 1. The Morgan fingerprint density at radius 1 is 1.00 bits per heavy atom. The Bertz CT molecular complexity index is 549. The maximum absolute atomic E-state index is 10.7. The number of aldehydes is 1. The van der Waals surface area contributed by atoms with Crippen LogP contribution in [0.4, 0.5) is 0 Å². The summed E-state index contributed by atoms with van der Waals surface area (Å²) in [6, 6.07) is 7.60. The highest BCUT2D eigenvalue weighted by atomic mass is 79.9. The number of halogens is 3. The number of carbonyl (C=O) groups excluding carboxylic acids is 1. The normalized spacial score (nSPS) is 10.6. The summed E-state index contributed by atoms with van der Waals surface area (Å²) < 4.78 is 2.90. The summed E-state index contributed by atoms with van der Waals surface area (Å²) in [5, 5.41) is 2.09. The zero-order chi connectivity index (χ0) is 11.0. The van der Waals surface area contributed by atoms with E-state index in [2.05, 4.69) is 47.8 Å². The molecule has 0 spiro atoms. The summed E-state index contributed by atoms with van der Waals surface area (Å²) in [5.74, 6) is 0. The highest BCUT2D eigenvalue weighted by Crippen LogP contribution is 2.36. The summed E-state index contributed by atoms with van der Waals surface area (Å²) in [4.78, 5) is 10.7. The van der Waals surface area contributed by atoms with Crippen molar-refractivity contribution in [3.05, 3.63) is 43.2 Å². The van der Waals surface area contributed by atoms with E-state index in [1.54, 1.807) is 0 Å². The molecule has 0 unspecified atom stereocenters. The van der Waals surface area contributed by atoms with Crippen LogP contribution in [0, 0.1) is 0 Å². The molecule has 76 valence electrons. The van der Waals surface area contributed by atoms with Gasteiger partial charge >= 0.3 is 0 Å². The first-order chi connectivity index (χ1) is 7.13. The van der Waals surface area contributed by atoms with Crippen LogP contribution in [0.3, 0.4) is 0 Å². The molecular formula is C11H5Br3O. The first-order valence-electron chi connectivity index (χ1n) is 4.16. The fourth-order valence-corrected chi connectivity index (χ4v) is 3.30. The van der Waals surface area contributed by atoms with E-state index in [4.69, 9.17) is 0 Å². The van der Waals surface area contributed by atoms with Crippen LogP contribution in [0.25, 0.3) is 10.8 Å². The molecule has 2 aromatic rings. The molecule has 0 aliphatic carbocycles. The number of hydrogen-bond donors (Lipinski definition) is 0. The van der Waals surface area contributed by atoms with E-state index in [1.807, 2.05) is 24.3 Å². The van der Waals surface area contributed by atoms with Gasteiger partial charge in [0.15, 0.2) is 0 Å². The maximum atomic E-state index is 10.7. The summed E-state index contributed by atoms with van der Waals surface area (Å²) in [6.45, 7) is 0. The van der Waals surface area contributed by atoms with E-state index < -0.39 is 0 Å². The van der Waals surface area contributed by atoms with E-state index in [9.17, 15) is 4.79 Å². The molecule has 0 saturated carbocycles. The van der Waals surface area contributed by atoms with Crippen LogP contribution < -0.4 is 0 Å². The SMILES string of the molecule is O=Cc1cc(Br)c2c(Br)c(Br)ccc2c1. The molecule has 15 heavy (non-hydrogen) atoms. The highest BCUT2D eigenvalue weighted by Gasteiger charge is 2.07. The standard InChI is InChI=1S/C11H5Br3O/c12-8-2-1-7-3-6(5-15)4-9(13)10(7)11(8)14/h1-5H. The average Bonchev–Trinajstić information content (AvgIpc) is 2.23. The van der Waals surface area contributed by atoms with Crippen molar-refractivity contribution in [2.45, 2.75) is 0 Å². The lowest BCUT2D eigenvalue weighted by molar-refractivity contribution is 0.112. The predicted octanol–water partition coefficient (Wildman–Crippen LogP) is 4.94. The van der Waals surface area contributed by atoms with Crippen LogP contribution in [0.5, 0.6) is 0 Å². The Balaban J connectivity index is 2.91. The third-order valence-corrected chi connectivity index (χ3v) is 4.76. The molecule has 0 aromatic heterocycles. The second-order valence-electron chi connectivity index (χ2n) is 3.08. The Hall–Kier alpha value is -0.190. The molecule has 0 atom stereocenters. The second kappa shape index (κ2) is 4.36. The molecule has 0 heterocycles. The number of rotatable bonds is 1. The number of benzene rings is 2. The van der Waals surface area contributed by atoms with Gasteiger partial charge in [0.1, 0.15) is 6.29 Å². The second-order valence-corrected chi connectivity index (χ2v) is 5.58. The number of hydrogen-bond acceptors (Lipinski definition) is 1. The van der Waals surface area contributed by atoms with Crippen LogP contribution in [0.15, 0.2) is 37.7 Å². The predicted molar refractivity (Wildman–Crippen MR) is 72.4 cm³/mol. The molecule has 0 amide bonds. The maximum Gasteiger partial charge on any atom is 0.150 e. The van der Waals surface area contributed by atoms with Gasteiger partial charge < -0.3 is 0 Å². The van der Waals surface area contributed by atoms with Gasteiger partial charge in [-0.05, 0) is 55.4 Å². The lowest BCUT2D eigenvalue weighted by Crippen LogP contribution is -1.84. The third kappa shape index (κ3) is 2.03. The van der Waals surface area contributed by atoms with Crippen molar-refractivity contribution in [2.75, 3.05) is 0 Å². The first kappa shape index (κ1) is 11.3. The van der Waals surface area contributed by atoms with Gasteiger partial charge in [-0.25, -0.2) is 0 Å². The summed E-state index contributed by atoms with van der Waals surface area (Å²) in [7, 11) is 0. The molecule has 0 N–H and O–H groups in total. The van der Waals surface area contributed by atoms with Crippen molar-refractivity contribution in [3.8, 4) is 0 Å². The highest BCUT2D eigenvalue weighted by molar-refractivity contribution is 9.13. The van der Waals surface area contributed by atoms with E-state index in [0.29, 0.717) is 5.56 Å². The molecule has 0 saturated heterocycles. The smallest absolute Gasteiger partial charge is 0.150 e. The van der Waals surface area contributed by atoms with Gasteiger partial charge in [-0.2, -0.15) is 0 Å². The largest absolute Gasteiger partial charge is 0.298 e. The summed E-state index contributed by atoms with van der Waals surface area (Å²) >= 11 is 10.4. The fraction of sp³-hybridized carbons (Fsp3) is 0. The molecule has 0 bridgehead atoms. The minimum atomic E-state index is 0.670. The van der Waals surface area contributed by atoms with Gasteiger partial charge in [0, 0.05) is 24.4 Å². The monoisotopic (exact) mass is 390 g/mol. The van der Waals surface area contributed by atoms with E-state index >= 15 is 0 Å². The van der Waals surface area contributed by atoms with Gasteiger partial charge in [0.2, 0.25) is 0 Å². The molecular weight excluding hydrogens is 388 g/mol. The van der Waals surface area contributed by atoms with Crippen LogP contribution in [-0.4, -0.2) is 6.29 Å². The fourth-order valence-electron chi connectivity index (χ4n) is 1.44. The molecule has 0 fully saturated rings. The Labute approximate surface area is 112 Å². The Morgan fingerprint density at radius 2 is 1.73 bits per heavy atom. The van der Waals surface area contributed by atoms with Crippen LogP contribution in [0.2, 0.25) is 0 Å². The summed E-state index contributed by atoms with van der Waals surface area (Å²) in [5.41, 5.74) is 0.670. The van der Waals surface area contributed by atoms with Crippen LogP contribution in [-0.2, 0) is 0 Å². The molecule has 0 aliphatic rings. The summed E-state index contributed by atoms with van der Waals surface area (Å²) in [6.07, 6.45) is 0.847. The molecule has 0 radical (unpaired) electrons. The Morgan fingerprint density at radius 3 is 2.40 bits per heavy atom. The van der Waals surface area contributed by atoms with Crippen molar-refractivity contribution < 1.29 is 4.79 Å². The lowest BCUT2D eigenvalue weighted by Gasteiger charge is -2.06. The Kier molecular flexibility index (Phi) is 3.28. The van der Waals surface area contributed by atoms with E-state index in [1.165, 1.54) is 0 Å². The topological polar surface area (TPSA) is 17.1 Å². The minimum absolute atomic E-state index is 0.670. The first-order valence-corrected chi connectivity index (χ1v) is 6.54. The molecule has 1 nitrogen and oxygen atoms in total. The average molecular weight is 393 g/mol. The zero-order valence-electron chi connectivity index (χ0n) is 7.43. The molecule has 2 rings (SSSR count). The van der Waals surface area contributed by atoms with Crippen molar-refractivity contribution in [1.29, 1.82) is 0 Å². The van der Waals surface area contributed by atoms with Crippen molar-refractivity contribution in [2.24, 2.45) is 0 Å². The van der Waals surface area contributed by atoms with E-state index in [-0.39, 0.29) is 0 Å². The molecule has 0 aliphatic heterocycles. The van der Waals surface area contributed by atoms with Gasteiger partial charge in [-0.1, -0.05) is 22.0 Å². The van der Waals surface area contributed by atoms with Crippen LogP contribution >= 0.6 is 47.8 Å². The lowest BCUT2D eigenvalue weighted by atomic mass is 10.1. The van der Waals surface area contributed by atoms with Crippen LogP contribution in [0.1, 0.15) is 10.4 Å². The zero-order valence-corrected chi connectivity index (χ0v) is 12.2. The van der Waals surface area contributed by atoms with Gasteiger partial charge in [-0.15, -0.1) is 0 Å². The van der Waals surface area contributed by atoms with Gasteiger partial charge in [0.05, 0.1) is 0 Å². The van der Waals surface area contributed by atoms with Crippen molar-refractivity contribution >= 4 is 64.8 Å². The van der Waals surface area contributed by atoms with E-state index in [0.717, 1.165) is 30.5 Å². The number of carbonyl (C=O) groups is 1. The van der Waals surface area contributed by atoms with Crippen molar-refractivity contribution in [3.63, 3.8) is 0 Å². The minimum Gasteiger partial charge on any atom is -0.298 e. The molecule has 4 heteroatoms. The van der Waals surface area contributed by atoms with Crippen molar-refractivity contribution in [1.82, 2.24) is 0 Å². The molecule has 2 aromatic carbocycles. The third-order valence-electron chi connectivity index (χ3n) is 2.12. The van der Waals surface area contributed by atoms with Gasteiger partial charge in [0.25, 0.3) is 0 Å². The quantitative estimate of drug-likeness (QED) is 0.628. The van der Waals surface area contributed by atoms with Gasteiger partial charge in [-0.3, -0.25) is 4.79 Å².